The Bertz CT molecular complexity index is 225. The molecule has 0 unspecified atom stereocenters. The van der Waals surface area contributed by atoms with Crippen molar-refractivity contribution in [1.82, 2.24) is 0 Å². The molecule has 0 bridgehead atoms. The summed E-state index contributed by atoms with van der Waals surface area (Å²) >= 11 is 0. The van der Waals surface area contributed by atoms with Crippen molar-refractivity contribution in [2.75, 3.05) is 0 Å². The molecule has 0 aliphatic carbocycles. The van der Waals surface area contributed by atoms with Gasteiger partial charge in [-0.25, -0.2) is 0 Å². The molecular formula is C7H10N2O2. The van der Waals surface area contributed by atoms with Crippen molar-refractivity contribution in [2.45, 2.75) is 6.92 Å². The van der Waals surface area contributed by atoms with E-state index in [2.05, 4.69) is 11.7 Å². The van der Waals surface area contributed by atoms with Crippen LogP contribution in [-0.2, 0) is 4.79 Å². The van der Waals surface area contributed by atoms with E-state index in [9.17, 15) is 4.79 Å². The number of nitrogens with two attached hydrogens (primary N) is 1. The number of hydrogen-bond donors (Lipinski definition) is 2. The molecule has 0 fully saturated rings. The highest BCUT2D eigenvalue weighted by atomic mass is 16.3. The number of carbonyl (C=O) groups excluding carboxylic acids is 1. The molecule has 0 heterocycles. The zero-order valence-electron chi connectivity index (χ0n) is 6.24. The molecule has 4 heteroatoms. The molecule has 0 saturated heterocycles. The third kappa shape index (κ3) is 3.91. The number of carbonyl (C=O) groups is 1. The van der Waals surface area contributed by atoms with Crippen LogP contribution >= 0.6 is 0 Å². The standard InChI is InChI=1S/C7H10N2O2/c1-5(10)3-6(4-9-2)7(8)11/h3-4,10H,2H2,1H3,(H2,8,11)/b5-3+,6-4+. The third-order valence-corrected chi connectivity index (χ3v) is 0.879. The topological polar surface area (TPSA) is 75.7 Å². The summed E-state index contributed by atoms with van der Waals surface area (Å²) in [7, 11) is 0. The molecule has 4 nitrogen and oxygen atoms in total. The number of rotatable bonds is 3. The van der Waals surface area contributed by atoms with Crippen molar-refractivity contribution >= 4 is 12.6 Å². The highest BCUT2D eigenvalue weighted by Gasteiger charge is 1.99. The van der Waals surface area contributed by atoms with E-state index in [-0.39, 0.29) is 11.3 Å². The van der Waals surface area contributed by atoms with E-state index in [0.29, 0.717) is 0 Å². The molecule has 0 aromatic rings. The van der Waals surface area contributed by atoms with E-state index in [1.54, 1.807) is 0 Å². The summed E-state index contributed by atoms with van der Waals surface area (Å²) in [6.45, 7) is 4.58. The maximum absolute atomic E-state index is 10.5. The summed E-state index contributed by atoms with van der Waals surface area (Å²) in [6, 6.07) is 0. The van der Waals surface area contributed by atoms with Gasteiger partial charge >= 0.3 is 0 Å². The van der Waals surface area contributed by atoms with Gasteiger partial charge in [0.05, 0.1) is 11.3 Å². The van der Waals surface area contributed by atoms with E-state index in [1.165, 1.54) is 19.2 Å². The van der Waals surface area contributed by atoms with Crippen LogP contribution < -0.4 is 5.73 Å². The fourth-order valence-corrected chi connectivity index (χ4v) is 0.495. The first-order chi connectivity index (χ1) is 5.07. The summed E-state index contributed by atoms with van der Waals surface area (Å²) in [5.41, 5.74) is 5.05. The van der Waals surface area contributed by atoms with Crippen molar-refractivity contribution in [3.63, 3.8) is 0 Å². The first-order valence-corrected chi connectivity index (χ1v) is 2.91. The van der Waals surface area contributed by atoms with Gasteiger partial charge in [0, 0.05) is 6.20 Å². The van der Waals surface area contributed by atoms with Gasteiger partial charge in [-0.15, -0.1) is 0 Å². The van der Waals surface area contributed by atoms with E-state index >= 15 is 0 Å². The second kappa shape index (κ2) is 4.27. The van der Waals surface area contributed by atoms with Crippen LogP contribution in [0.25, 0.3) is 0 Å². The minimum atomic E-state index is -0.647. The molecule has 0 radical (unpaired) electrons. The summed E-state index contributed by atoms with van der Waals surface area (Å²) in [5.74, 6) is -0.649. The van der Waals surface area contributed by atoms with Crippen LogP contribution in [0.15, 0.2) is 28.6 Å². The first-order valence-electron chi connectivity index (χ1n) is 2.91. The Morgan fingerprint density at radius 2 is 2.27 bits per heavy atom. The Hall–Kier alpha value is -1.58. The monoisotopic (exact) mass is 154 g/mol. The smallest absolute Gasteiger partial charge is 0.250 e. The van der Waals surface area contributed by atoms with Gasteiger partial charge in [0.1, 0.15) is 0 Å². The molecule has 0 rings (SSSR count). The van der Waals surface area contributed by atoms with E-state index in [0.717, 1.165) is 0 Å². The molecule has 0 aromatic heterocycles. The second-order valence-electron chi connectivity index (χ2n) is 1.92. The minimum absolute atomic E-state index is 0.00120. The van der Waals surface area contributed by atoms with Crippen LogP contribution in [-0.4, -0.2) is 17.7 Å². The summed E-state index contributed by atoms with van der Waals surface area (Å²) < 4.78 is 0. The zero-order chi connectivity index (χ0) is 8.85. The molecule has 0 atom stereocenters. The van der Waals surface area contributed by atoms with Crippen LogP contribution in [0.1, 0.15) is 6.92 Å². The van der Waals surface area contributed by atoms with E-state index in [4.69, 9.17) is 10.8 Å². The van der Waals surface area contributed by atoms with Crippen LogP contribution in [0.4, 0.5) is 0 Å². The van der Waals surface area contributed by atoms with Crippen molar-refractivity contribution in [1.29, 1.82) is 0 Å². The summed E-state index contributed by atoms with van der Waals surface area (Å²) in [6.07, 6.45) is 2.40. The average molecular weight is 154 g/mol. The van der Waals surface area contributed by atoms with E-state index in [1.807, 2.05) is 0 Å². The molecule has 0 aromatic carbocycles. The van der Waals surface area contributed by atoms with Gasteiger partial charge in [-0.3, -0.25) is 9.79 Å². The Morgan fingerprint density at radius 3 is 2.55 bits per heavy atom. The first kappa shape index (κ1) is 9.42. The predicted octanol–water partition coefficient (Wildman–Crippen LogP) is 0.518. The number of hydrogen-bond acceptors (Lipinski definition) is 3. The zero-order valence-corrected chi connectivity index (χ0v) is 6.24. The normalized spacial score (nSPS) is 12.8. The van der Waals surface area contributed by atoms with Gasteiger partial charge in [0.2, 0.25) is 5.91 Å². The van der Waals surface area contributed by atoms with Gasteiger partial charge in [0.15, 0.2) is 0 Å². The van der Waals surface area contributed by atoms with Crippen LogP contribution in [0, 0.1) is 0 Å². The molecule has 0 spiro atoms. The van der Waals surface area contributed by atoms with Crippen molar-refractivity contribution in [3.8, 4) is 0 Å². The van der Waals surface area contributed by atoms with Crippen LogP contribution in [0.5, 0.6) is 0 Å². The van der Waals surface area contributed by atoms with Crippen molar-refractivity contribution < 1.29 is 9.90 Å². The number of allylic oxidation sites excluding steroid dienone is 1. The van der Waals surface area contributed by atoms with Crippen molar-refractivity contribution in [2.24, 2.45) is 10.7 Å². The lowest BCUT2D eigenvalue weighted by atomic mass is 10.2. The average Bonchev–Trinajstić information content (AvgIpc) is 1.86. The van der Waals surface area contributed by atoms with Gasteiger partial charge in [-0.1, -0.05) is 0 Å². The minimum Gasteiger partial charge on any atom is -0.513 e. The van der Waals surface area contributed by atoms with Crippen LogP contribution in [0.3, 0.4) is 0 Å². The number of aliphatic imine (C=N–C) groups is 1. The predicted molar refractivity (Wildman–Crippen MR) is 43.2 cm³/mol. The number of nitrogens with zero attached hydrogens (tertiary/aromatic N) is 1. The summed E-state index contributed by atoms with van der Waals surface area (Å²) in [4.78, 5) is 13.9. The molecule has 60 valence electrons. The van der Waals surface area contributed by atoms with Gasteiger partial charge in [-0.05, 0) is 19.7 Å². The number of primary amides is 1. The van der Waals surface area contributed by atoms with E-state index < -0.39 is 5.91 Å². The Kier molecular flexibility index (Phi) is 3.66. The van der Waals surface area contributed by atoms with Gasteiger partial charge < -0.3 is 10.8 Å². The third-order valence-electron chi connectivity index (χ3n) is 0.879. The fourth-order valence-electron chi connectivity index (χ4n) is 0.495. The lowest BCUT2D eigenvalue weighted by molar-refractivity contribution is -0.114. The van der Waals surface area contributed by atoms with Crippen LogP contribution in [0.2, 0.25) is 0 Å². The highest BCUT2D eigenvalue weighted by Crippen LogP contribution is 1.99. The quantitative estimate of drug-likeness (QED) is 0.269. The molecule has 3 N–H and O–H groups in total. The lowest BCUT2D eigenvalue weighted by Gasteiger charge is -1.93. The Labute approximate surface area is 64.7 Å². The largest absolute Gasteiger partial charge is 0.513 e. The Morgan fingerprint density at radius 1 is 1.73 bits per heavy atom. The maximum atomic E-state index is 10.5. The maximum Gasteiger partial charge on any atom is 0.250 e. The summed E-state index contributed by atoms with van der Waals surface area (Å²) in [5, 5.41) is 8.75. The van der Waals surface area contributed by atoms with Crippen molar-refractivity contribution in [3.05, 3.63) is 23.6 Å². The molecular weight excluding hydrogens is 144 g/mol. The highest BCUT2D eigenvalue weighted by molar-refractivity contribution is 5.94. The molecule has 0 aliphatic rings. The molecule has 1 amide bonds. The molecule has 0 aliphatic heterocycles. The second-order valence-corrected chi connectivity index (χ2v) is 1.92. The Balaban J connectivity index is 4.63. The lowest BCUT2D eigenvalue weighted by Crippen LogP contribution is -2.12. The molecule has 0 saturated carbocycles. The number of amides is 1. The fraction of sp³-hybridized carbons (Fsp3) is 0.143. The molecule has 11 heavy (non-hydrogen) atoms. The SMILES string of the molecule is C=N/C=C(\C=C(/C)O)C(N)=O. The number of aliphatic hydroxyl groups is 1. The van der Waals surface area contributed by atoms with Gasteiger partial charge in [0.25, 0.3) is 0 Å². The van der Waals surface area contributed by atoms with Gasteiger partial charge in [-0.2, -0.15) is 0 Å². The number of aliphatic hydroxyl groups excluding tert-OH is 1.